The summed E-state index contributed by atoms with van der Waals surface area (Å²) in [4.78, 5) is 13.6. The zero-order chi connectivity index (χ0) is 12.1. The van der Waals surface area contributed by atoms with E-state index in [0.717, 1.165) is 6.54 Å². The van der Waals surface area contributed by atoms with Crippen molar-refractivity contribution in [2.45, 2.75) is 6.92 Å². The molecule has 0 aromatic heterocycles. The highest BCUT2D eigenvalue weighted by Gasteiger charge is 2.15. The van der Waals surface area contributed by atoms with Gasteiger partial charge in [-0.3, -0.25) is 4.79 Å². The second-order valence-corrected chi connectivity index (χ2v) is 3.80. The van der Waals surface area contributed by atoms with Crippen LogP contribution in [0.25, 0.3) is 0 Å². The summed E-state index contributed by atoms with van der Waals surface area (Å²) in [5.74, 6) is -0.0831. The number of aryl methyl sites for hydroxylation is 1. The molecule has 0 saturated carbocycles. The highest BCUT2D eigenvalue weighted by Crippen LogP contribution is 2.22. The van der Waals surface area contributed by atoms with E-state index in [1.807, 2.05) is 7.05 Å². The third kappa shape index (κ3) is 2.73. The first-order valence-electron chi connectivity index (χ1n) is 5.26. The third-order valence-corrected chi connectivity index (χ3v) is 2.51. The summed E-state index contributed by atoms with van der Waals surface area (Å²) >= 11 is 0. The molecule has 1 amide bonds. The first-order chi connectivity index (χ1) is 7.57. The van der Waals surface area contributed by atoms with Crippen molar-refractivity contribution in [2.24, 2.45) is 0 Å². The molecule has 0 spiro atoms. The van der Waals surface area contributed by atoms with Crippen LogP contribution in [-0.4, -0.2) is 43.1 Å². The Bertz CT molecular complexity index is 377. The fraction of sp³-hybridized carbons (Fsp3) is 0.417. The summed E-state index contributed by atoms with van der Waals surface area (Å²) in [5.41, 5.74) is 1.08. The standard InChI is InChI=1S/C12H18N2O2/c1-9-5-4-6-10(11(9)15)12(16)14(3)8-7-13-2/h4-6,13,15H,7-8H2,1-3H3. The van der Waals surface area contributed by atoms with Crippen LogP contribution in [-0.2, 0) is 0 Å². The minimum absolute atomic E-state index is 0.0730. The van der Waals surface area contributed by atoms with Gasteiger partial charge in [-0.2, -0.15) is 0 Å². The molecule has 16 heavy (non-hydrogen) atoms. The first-order valence-corrected chi connectivity index (χ1v) is 5.26. The lowest BCUT2D eigenvalue weighted by atomic mass is 10.1. The smallest absolute Gasteiger partial charge is 0.257 e. The average molecular weight is 222 g/mol. The van der Waals surface area contributed by atoms with Crippen LogP contribution in [0.4, 0.5) is 0 Å². The summed E-state index contributed by atoms with van der Waals surface area (Å²) < 4.78 is 0. The van der Waals surface area contributed by atoms with Crippen molar-refractivity contribution in [1.29, 1.82) is 0 Å². The van der Waals surface area contributed by atoms with Crippen LogP contribution in [0.2, 0.25) is 0 Å². The van der Waals surface area contributed by atoms with E-state index in [2.05, 4.69) is 5.32 Å². The van der Waals surface area contributed by atoms with Gasteiger partial charge in [-0.05, 0) is 25.6 Å². The van der Waals surface area contributed by atoms with E-state index in [1.165, 1.54) is 0 Å². The molecule has 0 saturated heterocycles. The molecule has 2 N–H and O–H groups in total. The van der Waals surface area contributed by atoms with Crippen molar-refractivity contribution in [3.8, 4) is 5.75 Å². The molecule has 0 fully saturated rings. The molecular weight excluding hydrogens is 204 g/mol. The number of hydrogen-bond donors (Lipinski definition) is 2. The number of nitrogens with zero attached hydrogens (tertiary/aromatic N) is 1. The van der Waals surface area contributed by atoms with Crippen LogP contribution >= 0.6 is 0 Å². The van der Waals surface area contributed by atoms with Gasteiger partial charge in [-0.1, -0.05) is 12.1 Å². The van der Waals surface area contributed by atoms with E-state index in [-0.39, 0.29) is 11.7 Å². The number of hydrogen-bond acceptors (Lipinski definition) is 3. The minimum atomic E-state index is -0.156. The van der Waals surface area contributed by atoms with E-state index in [0.29, 0.717) is 17.7 Å². The molecule has 0 aliphatic heterocycles. The van der Waals surface area contributed by atoms with Crippen LogP contribution in [0.5, 0.6) is 5.75 Å². The minimum Gasteiger partial charge on any atom is -0.507 e. The number of carbonyl (C=O) groups excluding carboxylic acids is 1. The molecule has 0 aliphatic carbocycles. The summed E-state index contributed by atoms with van der Waals surface area (Å²) in [6.45, 7) is 3.12. The van der Waals surface area contributed by atoms with Gasteiger partial charge in [0.05, 0.1) is 5.56 Å². The van der Waals surface area contributed by atoms with Gasteiger partial charge >= 0.3 is 0 Å². The number of phenolic OH excluding ortho intramolecular Hbond substituents is 1. The maximum atomic E-state index is 12.0. The number of amides is 1. The molecule has 4 heteroatoms. The molecule has 88 valence electrons. The molecule has 0 bridgehead atoms. The fourth-order valence-corrected chi connectivity index (χ4v) is 1.42. The predicted molar refractivity (Wildman–Crippen MR) is 63.7 cm³/mol. The maximum Gasteiger partial charge on any atom is 0.257 e. The molecule has 0 atom stereocenters. The Hall–Kier alpha value is -1.55. The van der Waals surface area contributed by atoms with E-state index in [1.54, 1.807) is 37.1 Å². The number of carbonyl (C=O) groups is 1. The molecule has 0 radical (unpaired) electrons. The first kappa shape index (κ1) is 12.5. The Kier molecular flexibility index (Phi) is 4.31. The molecule has 0 unspecified atom stereocenters. The molecule has 1 aromatic carbocycles. The second-order valence-electron chi connectivity index (χ2n) is 3.80. The maximum absolute atomic E-state index is 12.0. The van der Waals surface area contributed by atoms with Gasteiger partial charge in [-0.15, -0.1) is 0 Å². The van der Waals surface area contributed by atoms with Crippen molar-refractivity contribution in [3.05, 3.63) is 29.3 Å². The Morgan fingerprint density at radius 3 is 2.81 bits per heavy atom. The van der Waals surface area contributed by atoms with Crippen molar-refractivity contribution in [2.75, 3.05) is 27.2 Å². The van der Waals surface area contributed by atoms with Gasteiger partial charge in [0.25, 0.3) is 5.91 Å². The zero-order valence-corrected chi connectivity index (χ0v) is 9.95. The quantitative estimate of drug-likeness (QED) is 0.799. The van der Waals surface area contributed by atoms with Gasteiger partial charge in [0.15, 0.2) is 0 Å². The fourth-order valence-electron chi connectivity index (χ4n) is 1.42. The Labute approximate surface area is 95.9 Å². The largest absolute Gasteiger partial charge is 0.507 e. The Balaban J connectivity index is 2.84. The highest BCUT2D eigenvalue weighted by atomic mass is 16.3. The molecule has 4 nitrogen and oxygen atoms in total. The lowest BCUT2D eigenvalue weighted by molar-refractivity contribution is 0.0793. The molecular formula is C12H18N2O2. The van der Waals surface area contributed by atoms with Gasteiger partial charge in [0.1, 0.15) is 5.75 Å². The lowest BCUT2D eigenvalue weighted by Crippen LogP contribution is -2.32. The SMILES string of the molecule is CNCCN(C)C(=O)c1cccc(C)c1O. The van der Waals surface area contributed by atoms with E-state index in [9.17, 15) is 9.90 Å². The van der Waals surface area contributed by atoms with Gasteiger partial charge < -0.3 is 15.3 Å². The van der Waals surface area contributed by atoms with Crippen LogP contribution in [0.3, 0.4) is 0 Å². The normalized spacial score (nSPS) is 10.2. The predicted octanol–water partition coefficient (Wildman–Crippen LogP) is 0.992. The molecule has 1 rings (SSSR count). The Morgan fingerprint density at radius 1 is 1.50 bits per heavy atom. The zero-order valence-electron chi connectivity index (χ0n) is 9.95. The summed E-state index contributed by atoms with van der Waals surface area (Å²) in [5, 5.41) is 12.8. The van der Waals surface area contributed by atoms with E-state index >= 15 is 0 Å². The monoisotopic (exact) mass is 222 g/mol. The topological polar surface area (TPSA) is 52.6 Å². The van der Waals surface area contributed by atoms with Crippen LogP contribution in [0.15, 0.2) is 18.2 Å². The molecule has 0 aliphatic rings. The van der Waals surface area contributed by atoms with Crippen LogP contribution < -0.4 is 5.32 Å². The van der Waals surface area contributed by atoms with Crippen molar-refractivity contribution >= 4 is 5.91 Å². The number of rotatable bonds is 4. The summed E-state index contributed by atoms with van der Waals surface area (Å²) in [6, 6.07) is 5.19. The van der Waals surface area contributed by atoms with Gasteiger partial charge in [0, 0.05) is 20.1 Å². The number of para-hydroxylation sites is 1. The van der Waals surface area contributed by atoms with Crippen molar-refractivity contribution < 1.29 is 9.90 Å². The number of nitrogens with one attached hydrogen (secondary N) is 1. The number of aromatic hydroxyl groups is 1. The van der Waals surface area contributed by atoms with Crippen LogP contribution in [0.1, 0.15) is 15.9 Å². The van der Waals surface area contributed by atoms with Crippen molar-refractivity contribution in [3.63, 3.8) is 0 Å². The third-order valence-electron chi connectivity index (χ3n) is 2.51. The van der Waals surface area contributed by atoms with E-state index < -0.39 is 0 Å². The lowest BCUT2D eigenvalue weighted by Gasteiger charge is -2.17. The van der Waals surface area contributed by atoms with Crippen molar-refractivity contribution in [1.82, 2.24) is 10.2 Å². The van der Waals surface area contributed by atoms with Crippen LogP contribution in [0, 0.1) is 6.92 Å². The molecule has 0 heterocycles. The Morgan fingerprint density at radius 2 is 2.19 bits per heavy atom. The number of benzene rings is 1. The second kappa shape index (κ2) is 5.51. The highest BCUT2D eigenvalue weighted by molar-refractivity contribution is 5.97. The van der Waals surface area contributed by atoms with Gasteiger partial charge in [0.2, 0.25) is 0 Å². The van der Waals surface area contributed by atoms with E-state index in [4.69, 9.17) is 0 Å². The number of phenols is 1. The molecule has 1 aromatic rings. The van der Waals surface area contributed by atoms with Gasteiger partial charge in [-0.25, -0.2) is 0 Å². The summed E-state index contributed by atoms with van der Waals surface area (Å²) in [7, 11) is 3.56. The summed E-state index contributed by atoms with van der Waals surface area (Å²) in [6.07, 6.45) is 0. The number of likely N-dealkylation sites (N-methyl/N-ethyl adjacent to an activating group) is 2. The average Bonchev–Trinajstić information content (AvgIpc) is 2.28.